The van der Waals surface area contributed by atoms with Gasteiger partial charge in [0.1, 0.15) is 11.6 Å². The predicted octanol–water partition coefficient (Wildman–Crippen LogP) is 4.31. The molecule has 0 spiro atoms. The molecule has 156 valence electrons. The minimum Gasteiger partial charge on any atom is -0.497 e. The molecule has 2 aromatic carbocycles. The van der Waals surface area contributed by atoms with Crippen LogP contribution in [0.4, 0.5) is 16.3 Å². The normalized spacial score (nSPS) is 17.7. The Morgan fingerprint density at radius 1 is 1.20 bits per heavy atom. The van der Waals surface area contributed by atoms with Crippen LogP contribution in [0.5, 0.6) is 5.75 Å². The summed E-state index contributed by atoms with van der Waals surface area (Å²) in [6.07, 6.45) is 1.85. The second kappa shape index (κ2) is 8.52. The van der Waals surface area contributed by atoms with Gasteiger partial charge in [-0.05, 0) is 48.2 Å². The number of hydrogen-bond acceptors (Lipinski definition) is 5. The maximum Gasteiger partial charge on any atom is 0.250 e. The van der Waals surface area contributed by atoms with E-state index in [2.05, 4.69) is 20.7 Å². The molecule has 7 nitrogen and oxygen atoms in total. The quantitative estimate of drug-likeness (QED) is 0.634. The first kappa shape index (κ1) is 19.9. The van der Waals surface area contributed by atoms with Crippen LogP contribution in [0.3, 0.4) is 0 Å². The molecule has 2 N–H and O–H groups in total. The number of hydrogen-bond donors (Lipinski definition) is 2. The van der Waals surface area contributed by atoms with Gasteiger partial charge in [0.25, 0.3) is 5.95 Å². The largest absolute Gasteiger partial charge is 0.497 e. The Balaban J connectivity index is 1.68. The van der Waals surface area contributed by atoms with E-state index in [1.807, 2.05) is 31.2 Å². The second-order valence-electron chi connectivity index (χ2n) is 7.27. The Bertz CT molecular complexity index is 1020. The highest BCUT2D eigenvalue weighted by Crippen LogP contribution is 2.38. The van der Waals surface area contributed by atoms with E-state index in [-0.39, 0.29) is 29.8 Å². The van der Waals surface area contributed by atoms with Gasteiger partial charge < -0.3 is 10.1 Å². The summed E-state index contributed by atoms with van der Waals surface area (Å²) in [6, 6.07) is 14.1. The molecule has 0 unspecified atom stereocenters. The van der Waals surface area contributed by atoms with E-state index in [0.717, 1.165) is 23.3 Å². The van der Waals surface area contributed by atoms with E-state index in [1.54, 1.807) is 23.9 Å². The van der Waals surface area contributed by atoms with Gasteiger partial charge in [0.2, 0.25) is 11.9 Å². The molecule has 3 aromatic rings. The lowest BCUT2D eigenvalue weighted by Gasteiger charge is -2.31. The molecule has 1 aromatic heterocycles. The highest BCUT2D eigenvalue weighted by molar-refractivity contribution is 5.88. The van der Waals surface area contributed by atoms with Gasteiger partial charge in [0.15, 0.2) is 0 Å². The average molecular weight is 409 g/mol. The fourth-order valence-corrected chi connectivity index (χ4v) is 3.66. The van der Waals surface area contributed by atoms with Crippen molar-refractivity contribution in [3.8, 4) is 5.75 Å². The van der Waals surface area contributed by atoms with E-state index < -0.39 is 0 Å². The number of aromatic nitrogens is 3. The summed E-state index contributed by atoms with van der Waals surface area (Å²) in [6.45, 7) is 1.94. The summed E-state index contributed by atoms with van der Waals surface area (Å²) in [5.41, 5.74) is 2.00. The fourth-order valence-electron chi connectivity index (χ4n) is 3.66. The summed E-state index contributed by atoms with van der Waals surface area (Å²) in [4.78, 5) is 16.5. The van der Waals surface area contributed by atoms with Gasteiger partial charge in [0.05, 0.1) is 19.2 Å². The second-order valence-corrected chi connectivity index (χ2v) is 7.27. The molecule has 0 saturated heterocycles. The molecule has 4 rings (SSSR count). The smallest absolute Gasteiger partial charge is 0.250 e. The van der Waals surface area contributed by atoms with E-state index in [1.165, 1.54) is 12.1 Å². The molecular formula is C22H24FN5O2. The Labute approximate surface area is 174 Å². The van der Waals surface area contributed by atoms with Gasteiger partial charge >= 0.3 is 0 Å². The summed E-state index contributed by atoms with van der Waals surface area (Å²) in [5, 5.41) is 10.7. The third-order valence-electron chi connectivity index (χ3n) is 5.19. The van der Waals surface area contributed by atoms with Crippen LogP contribution in [0.1, 0.15) is 49.4 Å². The van der Waals surface area contributed by atoms with Gasteiger partial charge in [-0.25, -0.2) is 9.07 Å². The first-order valence-electron chi connectivity index (χ1n) is 9.99. The van der Waals surface area contributed by atoms with Crippen LogP contribution in [0.2, 0.25) is 0 Å². The Hall–Kier alpha value is -3.42. The van der Waals surface area contributed by atoms with Crippen molar-refractivity contribution in [2.24, 2.45) is 0 Å². The fraction of sp³-hybridized carbons (Fsp3) is 0.318. The molecule has 2 heterocycles. The summed E-state index contributed by atoms with van der Waals surface area (Å²) in [5.74, 6) is 1.20. The lowest BCUT2D eigenvalue weighted by atomic mass is 9.93. The molecule has 2 atom stereocenters. The number of ether oxygens (including phenoxy) is 1. The SMILES string of the molecule is CCCC(=O)Nc1nc2n(n1)[C@@H](c1ccc(F)cc1)C[C@H](c1ccc(OC)cc1)N2. The molecule has 1 amide bonds. The molecular weight excluding hydrogens is 385 g/mol. The monoisotopic (exact) mass is 409 g/mol. The van der Waals surface area contributed by atoms with E-state index >= 15 is 0 Å². The van der Waals surface area contributed by atoms with Crippen LogP contribution in [-0.2, 0) is 4.79 Å². The van der Waals surface area contributed by atoms with Crippen LogP contribution in [0, 0.1) is 5.82 Å². The summed E-state index contributed by atoms with van der Waals surface area (Å²) in [7, 11) is 1.63. The maximum absolute atomic E-state index is 13.5. The van der Waals surface area contributed by atoms with Gasteiger partial charge in [0, 0.05) is 6.42 Å². The zero-order valence-corrected chi connectivity index (χ0v) is 16.9. The number of fused-ring (bicyclic) bond motifs is 1. The highest BCUT2D eigenvalue weighted by Gasteiger charge is 2.31. The zero-order valence-electron chi connectivity index (χ0n) is 16.9. The van der Waals surface area contributed by atoms with Crippen LogP contribution < -0.4 is 15.4 Å². The number of carbonyl (C=O) groups is 1. The lowest BCUT2D eigenvalue weighted by molar-refractivity contribution is -0.116. The van der Waals surface area contributed by atoms with Gasteiger partial charge in [-0.2, -0.15) is 4.98 Å². The maximum atomic E-state index is 13.5. The number of methoxy groups -OCH3 is 1. The van der Waals surface area contributed by atoms with Crippen LogP contribution in [-0.4, -0.2) is 27.8 Å². The number of halogens is 1. The summed E-state index contributed by atoms with van der Waals surface area (Å²) < 4.78 is 20.5. The first-order chi connectivity index (χ1) is 14.6. The van der Waals surface area contributed by atoms with Crippen LogP contribution in [0.15, 0.2) is 48.5 Å². The van der Waals surface area contributed by atoms with E-state index in [0.29, 0.717) is 18.8 Å². The molecule has 0 radical (unpaired) electrons. The number of benzene rings is 2. The number of nitrogens with zero attached hydrogens (tertiary/aromatic N) is 3. The Kier molecular flexibility index (Phi) is 5.65. The molecule has 0 bridgehead atoms. The molecule has 1 aliphatic rings. The van der Waals surface area contributed by atoms with Gasteiger partial charge in [-0.15, -0.1) is 5.10 Å². The molecule has 1 aliphatic heterocycles. The molecule has 0 aliphatic carbocycles. The third-order valence-corrected chi connectivity index (χ3v) is 5.19. The number of rotatable bonds is 6. The lowest BCUT2D eigenvalue weighted by Crippen LogP contribution is -2.28. The van der Waals surface area contributed by atoms with Crippen molar-refractivity contribution in [3.05, 3.63) is 65.5 Å². The molecule has 30 heavy (non-hydrogen) atoms. The molecule has 0 saturated carbocycles. The number of nitrogens with one attached hydrogen (secondary N) is 2. The average Bonchev–Trinajstić information content (AvgIpc) is 3.16. The van der Waals surface area contributed by atoms with Crippen molar-refractivity contribution in [2.45, 2.75) is 38.3 Å². The minimum atomic E-state index is -0.286. The zero-order chi connectivity index (χ0) is 21.1. The standard InChI is InChI=1S/C22H24FN5O2/c1-3-4-20(29)25-21-26-22-24-18(14-7-11-17(30-2)12-8-14)13-19(28(22)27-21)15-5-9-16(23)10-6-15/h5-12,18-19H,3-4,13H2,1-2H3,(H2,24,25,26,27,29)/t18-,19-/m1/s1. The Morgan fingerprint density at radius 2 is 1.90 bits per heavy atom. The van der Waals surface area contributed by atoms with E-state index in [4.69, 9.17) is 4.74 Å². The van der Waals surface area contributed by atoms with Crippen molar-refractivity contribution in [2.75, 3.05) is 17.7 Å². The predicted molar refractivity (Wildman–Crippen MR) is 112 cm³/mol. The number of amides is 1. The molecule has 0 fully saturated rings. The summed E-state index contributed by atoms with van der Waals surface area (Å²) >= 11 is 0. The van der Waals surface area contributed by atoms with Crippen molar-refractivity contribution < 1.29 is 13.9 Å². The third kappa shape index (κ3) is 4.12. The topological polar surface area (TPSA) is 81.1 Å². The van der Waals surface area contributed by atoms with Crippen LogP contribution in [0.25, 0.3) is 0 Å². The van der Waals surface area contributed by atoms with Crippen molar-refractivity contribution in [1.82, 2.24) is 14.8 Å². The van der Waals surface area contributed by atoms with Crippen molar-refractivity contribution in [3.63, 3.8) is 0 Å². The van der Waals surface area contributed by atoms with Gasteiger partial charge in [-0.3, -0.25) is 10.1 Å². The van der Waals surface area contributed by atoms with Crippen molar-refractivity contribution in [1.29, 1.82) is 0 Å². The number of carbonyl (C=O) groups excluding carboxylic acids is 1. The van der Waals surface area contributed by atoms with E-state index in [9.17, 15) is 9.18 Å². The first-order valence-corrected chi connectivity index (χ1v) is 9.99. The van der Waals surface area contributed by atoms with Crippen LogP contribution >= 0.6 is 0 Å². The number of anilines is 2. The van der Waals surface area contributed by atoms with Gasteiger partial charge in [-0.1, -0.05) is 31.2 Å². The minimum absolute atomic E-state index is 0.0261. The van der Waals surface area contributed by atoms with Crippen molar-refractivity contribution >= 4 is 17.8 Å². The molecule has 8 heteroatoms. The Morgan fingerprint density at radius 3 is 2.57 bits per heavy atom. The highest BCUT2D eigenvalue weighted by atomic mass is 19.1.